The molecule has 2 nitrogen and oxygen atoms in total. The molecule has 0 fully saturated rings. The Kier molecular flexibility index (Phi) is 2.10. The largest absolute Gasteiger partial charge is 0.446 e. The minimum atomic E-state index is 0.856. The Bertz CT molecular complexity index is 215. The third-order valence-electron chi connectivity index (χ3n) is 1.57. The number of oxazole rings is 1. The lowest BCUT2D eigenvalue weighted by Gasteiger charge is -1.83. The topological polar surface area (TPSA) is 26.0 Å². The van der Waals surface area contributed by atoms with Crippen molar-refractivity contribution in [3.8, 4) is 0 Å². The van der Waals surface area contributed by atoms with Gasteiger partial charge < -0.3 is 4.42 Å². The van der Waals surface area contributed by atoms with Gasteiger partial charge in [-0.25, -0.2) is 4.98 Å². The minimum Gasteiger partial charge on any atom is -0.446 e. The first-order chi connectivity index (χ1) is 4.77. The molecule has 0 bridgehead atoms. The SMILES string of the molecule is CCc1nc(CC)c(C)o1. The molecule has 10 heavy (non-hydrogen) atoms. The van der Waals surface area contributed by atoms with E-state index in [2.05, 4.69) is 11.9 Å². The van der Waals surface area contributed by atoms with Gasteiger partial charge in [-0.2, -0.15) is 0 Å². The number of hydrogen-bond donors (Lipinski definition) is 0. The van der Waals surface area contributed by atoms with Gasteiger partial charge in [0, 0.05) is 6.42 Å². The van der Waals surface area contributed by atoms with E-state index in [4.69, 9.17) is 4.42 Å². The van der Waals surface area contributed by atoms with Gasteiger partial charge >= 0.3 is 0 Å². The van der Waals surface area contributed by atoms with Crippen LogP contribution in [0.3, 0.4) is 0 Å². The molecule has 0 atom stereocenters. The van der Waals surface area contributed by atoms with Gasteiger partial charge in [-0.3, -0.25) is 0 Å². The summed E-state index contributed by atoms with van der Waals surface area (Å²) in [5.74, 6) is 1.83. The predicted molar refractivity (Wildman–Crippen MR) is 40.0 cm³/mol. The zero-order valence-electron chi connectivity index (χ0n) is 6.77. The highest BCUT2D eigenvalue weighted by molar-refractivity contribution is 5.07. The van der Waals surface area contributed by atoms with Crippen molar-refractivity contribution in [3.05, 3.63) is 17.3 Å². The Morgan fingerprint density at radius 1 is 1.30 bits per heavy atom. The molecule has 2 heteroatoms. The normalized spacial score (nSPS) is 10.3. The average molecular weight is 139 g/mol. The van der Waals surface area contributed by atoms with Crippen LogP contribution >= 0.6 is 0 Å². The highest BCUT2D eigenvalue weighted by Gasteiger charge is 2.04. The monoisotopic (exact) mass is 139 g/mol. The fourth-order valence-electron chi connectivity index (χ4n) is 0.967. The van der Waals surface area contributed by atoms with Crippen LogP contribution < -0.4 is 0 Å². The summed E-state index contributed by atoms with van der Waals surface area (Å²) in [5, 5.41) is 0. The lowest BCUT2D eigenvalue weighted by Crippen LogP contribution is -1.83. The van der Waals surface area contributed by atoms with Crippen LogP contribution in [0.15, 0.2) is 4.42 Å². The van der Waals surface area contributed by atoms with Crippen LogP contribution in [0.1, 0.15) is 31.2 Å². The zero-order chi connectivity index (χ0) is 7.56. The number of aryl methyl sites for hydroxylation is 3. The van der Waals surface area contributed by atoms with E-state index in [0.29, 0.717) is 0 Å². The van der Waals surface area contributed by atoms with Crippen LogP contribution in [0.25, 0.3) is 0 Å². The molecule has 0 saturated carbocycles. The van der Waals surface area contributed by atoms with E-state index in [0.717, 1.165) is 30.2 Å². The van der Waals surface area contributed by atoms with Gasteiger partial charge in [0.25, 0.3) is 0 Å². The molecule has 0 aliphatic heterocycles. The van der Waals surface area contributed by atoms with Crippen molar-refractivity contribution in [2.75, 3.05) is 0 Å². The summed E-state index contributed by atoms with van der Waals surface area (Å²) in [5.41, 5.74) is 1.09. The van der Waals surface area contributed by atoms with Gasteiger partial charge in [0.05, 0.1) is 5.69 Å². The van der Waals surface area contributed by atoms with Crippen molar-refractivity contribution in [3.63, 3.8) is 0 Å². The Balaban J connectivity index is 2.92. The average Bonchev–Trinajstić information content (AvgIpc) is 2.30. The van der Waals surface area contributed by atoms with Crippen LogP contribution in [-0.4, -0.2) is 4.98 Å². The second kappa shape index (κ2) is 2.86. The van der Waals surface area contributed by atoms with E-state index in [1.54, 1.807) is 0 Å². The molecule has 56 valence electrons. The predicted octanol–water partition coefficient (Wildman–Crippen LogP) is 2.11. The molecule has 0 aromatic carbocycles. The fourth-order valence-corrected chi connectivity index (χ4v) is 0.967. The van der Waals surface area contributed by atoms with Gasteiger partial charge in [0.15, 0.2) is 5.89 Å². The molecular weight excluding hydrogens is 126 g/mol. The lowest BCUT2D eigenvalue weighted by atomic mass is 10.3. The summed E-state index contributed by atoms with van der Waals surface area (Å²) in [6.07, 6.45) is 1.86. The van der Waals surface area contributed by atoms with Gasteiger partial charge in [-0.15, -0.1) is 0 Å². The number of rotatable bonds is 2. The standard InChI is InChI=1S/C8H13NO/c1-4-7-6(3)10-8(5-2)9-7/h4-5H2,1-3H3. The molecule has 0 unspecified atom stereocenters. The molecule has 0 aliphatic rings. The summed E-state index contributed by atoms with van der Waals surface area (Å²) >= 11 is 0. The Morgan fingerprint density at radius 3 is 2.30 bits per heavy atom. The number of hydrogen-bond acceptors (Lipinski definition) is 2. The van der Waals surface area contributed by atoms with Crippen molar-refractivity contribution >= 4 is 0 Å². The maximum absolute atomic E-state index is 5.34. The fraction of sp³-hybridized carbons (Fsp3) is 0.625. The maximum Gasteiger partial charge on any atom is 0.194 e. The van der Waals surface area contributed by atoms with Crippen molar-refractivity contribution < 1.29 is 4.42 Å². The Labute approximate surface area is 61.3 Å². The summed E-state index contributed by atoms with van der Waals surface area (Å²) in [6, 6.07) is 0. The molecule has 1 heterocycles. The van der Waals surface area contributed by atoms with Gasteiger partial charge in [0.1, 0.15) is 5.76 Å². The second-order valence-electron chi connectivity index (χ2n) is 2.32. The van der Waals surface area contributed by atoms with E-state index >= 15 is 0 Å². The van der Waals surface area contributed by atoms with Crippen molar-refractivity contribution in [1.29, 1.82) is 0 Å². The molecule has 1 aromatic rings. The highest BCUT2D eigenvalue weighted by Crippen LogP contribution is 2.09. The van der Waals surface area contributed by atoms with E-state index in [1.165, 1.54) is 0 Å². The first-order valence-electron chi connectivity index (χ1n) is 3.73. The van der Waals surface area contributed by atoms with Crippen molar-refractivity contribution in [1.82, 2.24) is 4.98 Å². The quantitative estimate of drug-likeness (QED) is 0.627. The lowest BCUT2D eigenvalue weighted by molar-refractivity contribution is 0.476. The molecule has 1 rings (SSSR count). The van der Waals surface area contributed by atoms with Crippen LogP contribution in [0.2, 0.25) is 0 Å². The third-order valence-corrected chi connectivity index (χ3v) is 1.57. The summed E-state index contributed by atoms with van der Waals surface area (Å²) in [7, 11) is 0. The first kappa shape index (κ1) is 7.32. The minimum absolute atomic E-state index is 0.856. The molecule has 1 aromatic heterocycles. The molecule has 0 radical (unpaired) electrons. The zero-order valence-corrected chi connectivity index (χ0v) is 6.77. The maximum atomic E-state index is 5.34. The molecule has 0 amide bonds. The van der Waals surface area contributed by atoms with E-state index in [-0.39, 0.29) is 0 Å². The highest BCUT2D eigenvalue weighted by atomic mass is 16.4. The number of aromatic nitrogens is 1. The molecule has 0 aliphatic carbocycles. The van der Waals surface area contributed by atoms with Crippen LogP contribution in [0, 0.1) is 6.92 Å². The van der Waals surface area contributed by atoms with Crippen LogP contribution in [0.4, 0.5) is 0 Å². The molecule has 0 saturated heterocycles. The van der Waals surface area contributed by atoms with Gasteiger partial charge in [-0.05, 0) is 13.3 Å². The Hall–Kier alpha value is -0.790. The van der Waals surface area contributed by atoms with Crippen LogP contribution in [-0.2, 0) is 12.8 Å². The van der Waals surface area contributed by atoms with Gasteiger partial charge in [0.2, 0.25) is 0 Å². The third kappa shape index (κ3) is 1.20. The second-order valence-corrected chi connectivity index (χ2v) is 2.32. The molecule has 0 N–H and O–H groups in total. The summed E-state index contributed by atoms with van der Waals surface area (Å²) in [6.45, 7) is 6.10. The summed E-state index contributed by atoms with van der Waals surface area (Å²) < 4.78 is 5.34. The molecular formula is C8H13NO. The van der Waals surface area contributed by atoms with Crippen molar-refractivity contribution in [2.24, 2.45) is 0 Å². The van der Waals surface area contributed by atoms with E-state index in [9.17, 15) is 0 Å². The molecule has 0 spiro atoms. The van der Waals surface area contributed by atoms with E-state index < -0.39 is 0 Å². The first-order valence-corrected chi connectivity index (χ1v) is 3.73. The van der Waals surface area contributed by atoms with Crippen LogP contribution in [0.5, 0.6) is 0 Å². The summed E-state index contributed by atoms with van der Waals surface area (Å²) in [4.78, 5) is 4.28. The smallest absolute Gasteiger partial charge is 0.194 e. The van der Waals surface area contributed by atoms with E-state index in [1.807, 2.05) is 13.8 Å². The number of nitrogens with zero attached hydrogens (tertiary/aromatic N) is 1. The van der Waals surface area contributed by atoms with Crippen molar-refractivity contribution in [2.45, 2.75) is 33.6 Å². The Morgan fingerprint density at radius 2 is 2.00 bits per heavy atom. The van der Waals surface area contributed by atoms with Gasteiger partial charge in [-0.1, -0.05) is 13.8 Å².